The summed E-state index contributed by atoms with van der Waals surface area (Å²) < 4.78 is 4.87. The minimum atomic E-state index is -0.357. The van der Waals surface area contributed by atoms with E-state index in [0.717, 1.165) is 19.6 Å². The lowest BCUT2D eigenvalue weighted by atomic mass is 10.3. The van der Waals surface area contributed by atoms with Crippen LogP contribution in [0.2, 0.25) is 0 Å². The second kappa shape index (κ2) is 9.19. The molecule has 0 spiro atoms. The van der Waals surface area contributed by atoms with E-state index in [-0.39, 0.29) is 18.3 Å². The Morgan fingerprint density at radius 2 is 1.95 bits per heavy atom. The Bertz CT molecular complexity index is 495. The minimum Gasteiger partial charge on any atom is -0.466 e. The van der Waals surface area contributed by atoms with Gasteiger partial charge in [-0.25, -0.2) is 4.98 Å². The van der Waals surface area contributed by atoms with Gasteiger partial charge in [-0.1, -0.05) is 13.8 Å². The van der Waals surface area contributed by atoms with Crippen LogP contribution in [0.15, 0.2) is 0 Å². The topological polar surface area (TPSA) is 87.3 Å². The summed E-state index contributed by atoms with van der Waals surface area (Å²) in [5, 5.41) is 2.85. The second-order valence-corrected chi connectivity index (χ2v) is 4.92. The summed E-state index contributed by atoms with van der Waals surface area (Å²) in [5.41, 5.74) is 0.985. The molecule has 0 fully saturated rings. The zero-order chi connectivity index (χ0) is 16.5. The standard InChI is InChI=1S/C15H26N4O3/c1-5-19(6-2)9-8-16-15(21)14-11(4)17-12(18-14)10-13(20)22-7-3/h5-10H2,1-4H3,(H,16,21)(H,17,18). The van der Waals surface area contributed by atoms with Crippen molar-refractivity contribution in [3.63, 3.8) is 0 Å². The fourth-order valence-electron chi connectivity index (χ4n) is 2.13. The number of aryl methyl sites for hydroxylation is 1. The quantitative estimate of drug-likeness (QED) is 0.662. The molecule has 1 aromatic heterocycles. The number of nitrogens with one attached hydrogen (secondary N) is 2. The smallest absolute Gasteiger partial charge is 0.313 e. The van der Waals surface area contributed by atoms with Crippen molar-refractivity contribution >= 4 is 11.9 Å². The average molecular weight is 310 g/mol. The third kappa shape index (κ3) is 5.48. The van der Waals surface area contributed by atoms with Crippen molar-refractivity contribution in [3.8, 4) is 0 Å². The molecule has 0 bridgehead atoms. The molecule has 1 aromatic rings. The molecule has 0 unspecified atom stereocenters. The van der Waals surface area contributed by atoms with Crippen molar-refractivity contribution < 1.29 is 14.3 Å². The first kappa shape index (κ1) is 18.2. The van der Waals surface area contributed by atoms with Gasteiger partial charge in [-0.15, -0.1) is 0 Å². The van der Waals surface area contributed by atoms with E-state index >= 15 is 0 Å². The maximum absolute atomic E-state index is 12.1. The number of nitrogens with zero attached hydrogens (tertiary/aromatic N) is 2. The SMILES string of the molecule is CCOC(=O)Cc1nc(C(=O)NCCN(CC)CC)c(C)[nH]1. The number of likely N-dealkylation sites (N-methyl/N-ethyl adjacent to an activating group) is 1. The molecule has 0 aliphatic carbocycles. The van der Waals surface area contributed by atoms with Crippen LogP contribution >= 0.6 is 0 Å². The molecule has 1 heterocycles. The summed E-state index contributed by atoms with van der Waals surface area (Å²) in [5.74, 6) is -0.134. The van der Waals surface area contributed by atoms with Gasteiger partial charge in [0.05, 0.1) is 6.61 Å². The van der Waals surface area contributed by atoms with Crippen LogP contribution in [0.5, 0.6) is 0 Å². The van der Waals surface area contributed by atoms with Gasteiger partial charge in [0.15, 0.2) is 0 Å². The maximum Gasteiger partial charge on any atom is 0.313 e. The summed E-state index contributed by atoms with van der Waals surface area (Å²) in [4.78, 5) is 32.9. The summed E-state index contributed by atoms with van der Waals surface area (Å²) in [7, 11) is 0. The van der Waals surface area contributed by atoms with Crippen LogP contribution in [0.3, 0.4) is 0 Å². The first-order valence-electron chi connectivity index (χ1n) is 7.73. The van der Waals surface area contributed by atoms with E-state index in [9.17, 15) is 9.59 Å². The molecule has 1 amide bonds. The number of hydrogen-bond acceptors (Lipinski definition) is 5. The van der Waals surface area contributed by atoms with E-state index in [1.165, 1.54) is 0 Å². The Morgan fingerprint density at radius 3 is 2.55 bits per heavy atom. The number of ether oxygens (including phenoxy) is 1. The molecule has 2 N–H and O–H groups in total. The molecule has 0 saturated heterocycles. The molecule has 22 heavy (non-hydrogen) atoms. The van der Waals surface area contributed by atoms with Gasteiger partial charge in [-0.2, -0.15) is 0 Å². The molecule has 0 aliphatic heterocycles. The highest BCUT2D eigenvalue weighted by Gasteiger charge is 2.16. The average Bonchev–Trinajstić information content (AvgIpc) is 2.84. The predicted octanol–water partition coefficient (Wildman–Crippen LogP) is 0.895. The van der Waals surface area contributed by atoms with Crippen LogP contribution in [0, 0.1) is 6.92 Å². The van der Waals surface area contributed by atoms with E-state index in [2.05, 4.69) is 34.0 Å². The van der Waals surface area contributed by atoms with Crippen molar-refractivity contribution in [1.29, 1.82) is 0 Å². The van der Waals surface area contributed by atoms with Crippen molar-refractivity contribution in [2.24, 2.45) is 0 Å². The lowest BCUT2D eigenvalue weighted by Gasteiger charge is -2.17. The van der Waals surface area contributed by atoms with Crippen molar-refractivity contribution in [2.45, 2.75) is 34.1 Å². The highest BCUT2D eigenvalue weighted by Crippen LogP contribution is 2.06. The minimum absolute atomic E-state index is 0.0431. The first-order chi connectivity index (χ1) is 10.5. The van der Waals surface area contributed by atoms with Gasteiger partial charge in [-0.3, -0.25) is 9.59 Å². The third-order valence-corrected chi connectivity index (χ3v) is 3.37. The van der Waals surface area contributed by atoms with E-state index in [4.69, 9.17) is 4.74 Å². The maximum atomic E-state index is 12.1. The highest BCUT2D eigenvalue weighted by atomic mass is 16.5. The molecule has 0 aromatic carbocycles. The van der Waals surface area contributed by atoms with Crippen LogP contribution in [0.1, 0.15) is 42.8 Å². The van der Waals surface area contributed by atoms with Gasteiger partial charge in [-0.05, 0) is 26.9 Å². The molecule has 0 radical (unpaired) electrons. The molecule has 7 nitrogen and oxygen atoms in total. The second-order valence-electron chi connectivity index (χ2n) is 4.92. The summed E-state index contributed by atoms with van der Waals surface area (Å²) in [6, 6.07) is 0. The van der Waals surface area contributed by atoms with Gasteiger partial charge in [0, 0.05) is 18.8 Å². The Balaban J connectivity index is 2.55. The van der Waals surface area contributed by atoms with Crippen LogP contribution in [0.25, 0.3) is 0 Å². The van der Waals surface area contributed by atoms with Gasteiger partial charge >= 0.3 is 5.97 Å². The number of aromatic nitrogens is 2. The molecule has 7 heteroatoms. The fourth-order valence-corrected chi connectivity index (χ4v) is 2.13. The monoisotopic (exact) mass is 310 g/mol. The number of carbonyl (C=O) groups is 2. The zero-order valence-electron chi connectivity index (χ0n) is 13.9. The van der Waals surface area contributed by atoms with Crippen LogP contribution in [0.4, 0.5) is 0 Å². The van der Waals surface area contributed by atoms with Crippen molar-refractivity contribution in [3.05, 3.63) is 17.2 Å². The molecule has 124 valence electrons. The van der Waals surface area contributed by atoms with Crippen LogP contribution < -0.4 is 5.32 Å². The van der Waals surface area contributed by atoms with Crippen molar-refractivity contribution in [1.82, 2.24) is 20.2 Å². The van der Waals surface area contributed by atoms with Gasteiger partial charge in [0.1, 0.15) is 17.9 Å². The molecule has 1 rings (SSSR count). The normalized spacial score (nSPS) is 10.8. The van der Waals surface area contributed by atoms with Gasteiger partial charge in [0.25, 0.3) is 5.91 Å². The molecule has 0 atom stereocenters. The van der Waals surface area contributed by atoms with E-state index in [0.29, 0.717) is 30.4 Å². The van der Waals surface area contributed by atoms with Gasteiger partial charge in [0.2, 0.25) is 0 Å². The van der Waals surface area contributed by atoms with E-state index < -0.39 is 0 Å². The number of aromatic amines is 1. The highest BCUT2D eigenvalue weighted by molar-refractivity contribution is 5.93. The molecule has 0 saturated carbocycles. The lowest BCUT2D eigenvalue weighted by molar-refractivity contribution is -0.142. The number of amides is 1. The Labute approximate surface area is 131 Å². The largest absolute Gasteiger partial charge is 0.466 e. The summed E-state index contributed by atoms with van der Waals surface area (Å²) in [6.45, 7) is 11.3. The Hall–Kier alpha value is -1.89. The summed E-state index contributed by atoms with van der Waals surface area (Å²) >= 11 is 0. The van der Waals surface area contributed by atoms with Crippen molar-refractivity contribution in [2.75, 3.05) is 32.8 Å². The lowest BCUT2D eigenvalue weighted by Crippen LogP contribution is -2.35. The zero-order valence-corrected chi connectivity index (χ0v) is 13.9. The first-order valence-corrected chi connectivity index (χ1v) is 7.73. The van der Waals surface area contributed by atoms with Crippen LogP contribution in [-0.4, -0.2) is 59.5 Å². The van der Waals surface area contributed by atoms with E-state index in [1.807, 2.05) is 0 Å². The number of rotatable bonds is 9. The fraction of sp³-hybridized carbons (Fsp3) is 0.667. The molecular formula is C15H26N4O3. The van der Waals surface area contributed by atoms with E-state index in [1.54, 1.807) is 13.8 Å². The number of hydrogen-bond donors (Lipinski definition) is 2. The molecular weight excluding hydrogens is 284 g/mol. The number of H-pyrrole nitrogens is 1. The number of carbonyl (C=O) groups excluding carboxylic acids is 2. The predicted molar refractivity (Wildman–Crippen MR) is 83.8 cm³/mol. The van der Waals surface area contributed by atoms with Crippen LogP contribution in [-0.2, 0) is 16.0 Å². The molecule has 0 aliphatic rings. The van der Waals surface area contributed by atoms with Gasteiger partial charge < -0.3 is 19.9 Å². The summed E-state index contributed by atoms with van der Waals surface area (Å²) in [6.07, 6.45) is 0.0431. The number of esters is 1. The third-order valence-electron chi connectivity index (χ3n) is 3.37. The Morgan fingerprint density at radius 1 is 1.27 bits per heavy atom. The number of imidazole rings is 1. The Kier molecular flexibility index (Phi) is 7.59.